The normalized spacial score (nSPS) is 18.0. The Morgan fingerprint density at radius 2 is 2.20 bits per heavy atom. The standard InChI is InChI=1S/C19H21N3O3/c1-3-16-20-18(21-25-16)13-7-6-10-22(11-13)19(23)17-12(2)14-8-4-5-9-15(14)24-17/h4-5,8-9,13H,3,6-7,10-11H2,1-2H3. The van der Waals surface area contributed by atoms with Crippen molar-refractivity contribution in [2.24, 2.45) is 0 Å². The molecule has 1 fully saturated rings. The number of carbonyl (C=O) groups is 1. The Hall–Kier alpha value is -2.63. The molecule has 0 saturated carbocycles. The highest BCUT2D eigenvalue weighted by Crippen LogP contribution is 2.29. The van der Waals surface area contributed by atoms with Gasteiger partial charge in [-0.25, -0.2) is 0 Å². The number of furan rings is 1. The van der Waals surface area contributed by atoms with Gasteiger partial charge in [-0.1, -0.05) is 30.3 Å². The summed E-state index contributed by atoms with van der Waals surface area (Å²) in [5.74, 6) is 1.84. The topological polar surface area (TPSA) is 72.4 Å². The molecule has 25 heavy (non-hydrogen) atoms. The molecule has 6 nitrogen and oxygen atoms in total. The number of hydrogen-bond acceptors (Lipinski definition) is 5. The lowest BCUT2D eigenvalue weighted by Crippen LogP contribution is -2.39. The predicted octanol–water partition coefficient (Wildman–Crippen LogP) is 3.71. The van der Waals surface area contributed by atoms with Crippen molar-refractivity contribution < 1.29 is 13.7 Å². The van der Waals surface area contributed by atoms with Crippen LogP contribution in [0.3, 0.4) is 0 Å². The van der Waals surface area contributed by atoms with Gasteiger partial charge < -0.3 is 13.8 Å². The van der Waals surface area contributed by atoms with Crippen LogP contribution in [0.2, 0.25) is 0 Å². The van der Waals surface area contributed by atoms with E-state index in [1.165, 1.54) is 0 Å². The number of hydrogen-bond donors (Lipinski definition) is 0. The second kappa shape index (κ2) is 6.35. The number of fused-ring (bicyclic) bond motifs is 1. The molecule has 0 aliphatic carbocycles. The van der Waals surface area contributed by atoms with Crippen molar-refractivity contribution in [3.05, 3.63) is 47.3 Å². The fourth-order valence-corrected chi connectivity index (χ4v) is 3.47. The number of nitrogens with zero attached hydrogens (tertiary/aromatic N) is 3. The maximum atomic E-state index is 13.0. The fourth-order valence-electron chi connectivity index (χ4n) is 3.47. The molecule has 1 saturated heterocycles. The van der Waals surface area contributed by atoms with Crippen LogP contribution < -0.4 is 0 Å². The van der Waals surface area contributed by atoms with Crippen molar-refractivity contribution in [1.29, 1.82) is 0 Å². The Morgan fingerprint density at radius 3 is 2.96 bits per heavy atom. The quantitative estimate of drug-likeness (QED) is 0.727. The summed E-state index contributed by atoms with van der Waals surface area (Å²) < 4.78 is 11.1. The van der Waals surface area contributed by atoms with Gasteiger partial charge in [0.05, 0.1) is 0 Å². The van der Waals surface area contributed by atoms with Gasteiger partial charge in [0.25, 0.3) is 5.91 Å². The maximum absolute atomic E-state index is 13.0. The second-order valence-electron chi connectivity index (χ2n) is 6.54. The first-order chi connectivity index (χ1) is 12.2. The van der Waals surface area contributed by atoms with E-state index in [9.17, 15) is 4.79 Å². The molecule has 3 heterocycles. The van der Waals surface area contributed by atoms with Gasteiger partial charge in [-0.05, 0) is 25.8 Å². The lowest BCUT2D eigenvalue weighted by atomic mass is 9.97. The number of likely N-dealkylation sites (tertiary alicyclic amines) is 1. The summed E-state index contributed by atoms with van der Waals surface area (Å²) in [6, 6.07) is 7.74. The Bertz CT molecular complexity index is 912. The first kappa shape index (κ1) is 15.9. The van der Waals surface area contributed by atoms with E-state index in [-0.39, 0.29) is 11.8 Å². The molecule has 1 amide bonds. The van der Waals surface area contributed by atoms with Crippen molar-refractivity contribution in [3.8, 4) is 0 Å². The van der Waals surface area contributed by atoms with Gasteiger partial charge in [0, 0.05) is 36.4 Å². The van der Waals surface area contributed by atoms with Crippen LogP contribution in [0.5, 0.6) is 0 Å². The molecule has 1 aromatic carbocycles. The summed E-state index contributed by atoms with van der Waals surface area (Å²) in [7, 11) is 0. The van der Waals surface area contributed by atoms with Crippen LogP contribution in [0.15, 0.2) is 33.2 Å². The minimum Gasteiger partial charge on any atom is -0.451 e. The minimum atomic E-state index is -0.0578. The van der Waals surface area contributed by atoms with Gasteiger partial charge >= 0.3 is 0 Å². The monoisotopic (exact) mass is 339 g/mol. The molecule has 130 valence electrons. The fraction of sp³-hybridized carbons (Fsp3) is 0.421. The zero-order chi connectivity index (χ0) is 17.4. The highest BCUT2D eigenvalue weighted by atomic mass is 16.5. The Labute approximate surface area is 145 Å². The Morgan fingerprint density at radius 1 is 1.36 bits per heavy atom. The van der Waals surface area contributed by atoms with Crippen molar-refractivity contribution in [2.75, 3.05) is 13.1 Å². The van der Waals surface area contributed by atoms with Crippen LogP contribution in [-0.2, 0) is 6.42 Å². The Balaban J connectivity index is 1.57. The van der Waals surface area contributed by atoms with Crippen LogP contribution >= 0.6 is 0 Å². The number of rotatable bonds is 3. The Kier molecular flexibility index (Phi) is 4.03. The minimum absolute atomic E-state index is 0.0578. The maximum Gasteiger partial charge on any atom is 0.289 e. The molecule has 3 aromatic rings. The van der Waals surface area contributed by atoms with E-state index in [2.05, 4.69) is 10.1 Å². The number of aryl methyl sites for hydroxylation is 2. The number of piperidine rings is 1. The summed E-state index contributed by atoms with van der Waals surface area (Å²) in [4.78, 5) is 19.3. The van der Waals surface area contributed by atoms with E-state index < -0.39 is 0 Å². The molecular formula is C19H21N3O3. The summed E-state index contributed by atoms with van der Waals surface area (Å²) in [5, 5.41) is 5.07. The van der Waals surface area contributed by atoms with Gasteiger partial charge in [-0.3, -0.25) is 4.79 Å². The molecule has 2 aromatic heterocycles. The molecule has 0 bridgehead atoms. The molecule has 0 radical (unpaired) electrons. The zero-order valence-corrected chi connectivity index (χ0v) is 14.5. The number of amides is 1. The summed E-state index contributed by atoms with van der Waals surface area (Å²) in [5.41, 5.74) is 1.65. The van der Waals surface area contributed by atoms with Gasteiger partial charge in [0.2, 0.25) is 5.89 Å². The first-order valence-corrected chi connectivity index (χ1v) is 8.77. The van der Waals surface area contributed by atoms with Gasteiger partial charge in [0.15, 0.2) is 11.6 Å². The van der Waals surface area contributed by atoms with E-state index >= 15 is 0 Å². The lowest BCUT2D eigenvalue weighted by Gasteiger charge is -2.30. The van der Waals surface area contributed by atoms with Gasteiger partial charge in [-0.2, -0.15) is 4.98 Å². The van der Waals surface area contributed by atoms with Crippen molar-refractivity contribution in [2.45, 2.75) is 39.0 Å². The third kappa shape index (κ3) is 2.81. The van der Waals surface area contributed by atoms with E-state index in [0.29, 0.717) is 24.0 Å². The third-order valence-electron chi connectivity index (χ3n) is 4.90. The van der Waals surface area contributed by atoms with E-state index in [0.717, 1.165) is 42.3 Å². The molecular weight excluding hydrogens is 318 g/mol. The van der Waals surface area contributed by atoms with Crippen LogP contribution in [0, 0.1) is 6.92 Å². The molecule has 1 atom stereocenters. The lowest BCUT2D eigenvalue weighted by molar-refractivity contribution is 0.0673. The number of carbonyl (C=O) groups excluding carboxylic acids is 1. The third-order valence-corrected chi connectivity index (χ3v) is 4.90. The smallest absolute Gasteiger partial charge is 0.289 e. The predicted molar refractivity (Wildman–Crippen MR) is 92.5 cm³/mol. The van der Waals surface area contributed by atoms with Crippen molar-refractivity contribution in [1.82, 2.24) is 15.0 Å². The van der Waals surface area contributed by atoms with Crippen molar-refractivity contribution in [3.63, 3.8) is 0 Å². The first-order valence-electron chi connectivity index (χ1n) is 8.77. The number of benzene rings is 1. The summed E-state index contributed by atoms with van der Waals surface area (Å²) in [6.07, 6.45) is 2.61. The average molecular weight is 339 g/mol. The highest BCUT2D eigenvalue weighted by molar-refractivity contribution is 5.99. The van der Waals surface area contributed by atoms with E-state index in [4.69, 9.17) is 8.94 Å². The number of para-hydroxylation sites is 1. The van der Waals surface area contributed by atoms with Gasteiger partial charge in [0.1, 0.15) is 5.58 Å². The van der Waals surface area contributed by atoms with E-state index in [1.807, 2.05) is 43.0 Å². The van der Waals surface area contributed by atoms with Crippen LogP contribution in [-0.4, -0.2) is 34.0 Å². The van der Waals surface area contributed by atoms with Crippen molar-refractivity contribution >= 4 is 16.9 Å². The molecule has 1 aliphatic rings. The molecule has 0 spiro atoms. The van der Waals surface area contributed by atoms with E-state index in [1.54, 1.807) is 0 Å². The second-order valence-corrected chi connectivity index (χ2v) is 6.54. The molecule has 1 unspecified atom stereocenters. The highest BCUT2D eigenvalue weighted by Gasteiger charge is 2.30. The number of aromatic nitrogens is 2. The molecule has 1 aliphatic heterocycles. The van der Waals surface area contributed by atoms with Crippen LogP contribution in [0.25, 0.3) is 11.0 Å². The summed E-state index contributed by atoms with van der Waals surface area (Å²) >= 11 is 0. The SMILES string of the molecule is CCc1nc(C2CCCN(C(=O)c3oc4ccccc4c3C)C2)no1. The molecule has 0 N–H and O–H groups in total. The average Bonchev–Trinajstić information content (AvgIpc) is 3.26. The largest absolute Gasteiger partial charge is 0.451 e. The van der Waals surface area contributed by atoms with Gasteiger partial charge in [-0.15, -0.1) is 0 Å². The molecule has 4 rings (SSSR count). The summed E-state index contributed by atoms with van der Waals surface area (Å²) in [6.45, 7) is 5.24. The molecule has 6 heteroatoms. The zero-order valence-electron chi connectivity index (χ0n) is 14.5. The van der Waals surface area contributed by atoms with Crippen LogP contribution in [0.1, 0.15) is 53.5 Å². The van der Waals surface area contributed by atoms with Crippen LogP contribution in [0.4, 0.5) is 0 Å².